The number of ether oxygens (including phenoxy) is 1. The van der Waals surface area contributed by atoms with E-state index in [0.717, 1.165) is 6.07 Å². The van der Waals surface area contributed by atoms with Gasteiger partial charge >= 0.3 is 0 Å². The second-order valence-electron chi connectivity index (χ2n) is 4.07. The molecule has 1 aromatic carbocycles. The van der Waals surface area contributed by atoms with Gasteiger partial charge in [-0.1, -0.05) is 0 Å². The van der Waals surface area contributed by atoms with Crippen LogP contribution in [0.3, 0.4) is 0 Å². The highest BCUT2D eigenvalue weighted by Crippen LogP contribution is 2.27. The predicted octanol–water partition coefficient (Wildman–Crippen LogP) is 0.950. The molecule has 0 bridgehead atoms. The van der Waals surface area contributed by atoms with E-state index in [4.69, 9.17) is 4.74 Å². The van der Waals surface area contributed by atoms with Gasteiger partial charge in [0.05, 0.1) is 15.9 Å². The number of benzene rings is 1. The van der Waals surface area contributed by atoms with Gasteiger partial charge in [0.2, 0.25) is 10.0 Å². The molecule has 0 amide bonds. The molecule has 0 fully saturated rings. The molecule has 2 N–H and O–H groups in total. The van der Waals surface area contributed by atoms with Crippen molar-refractivity contribution in [2.24, 2.45) is 0 Å². The van der Waals surface area contributed by atoms with E-state index in [1.54, 1.807) is 6.92 Å². The largest absolute Gasteiger partial charge is 0.380 e. The molecule has 0 aliphatic rings. The third kappa shape index (κ3) is 3.89. The van der Waals surface area contributed by atoms with Crippen molar-refractivity contribution < 1.29 is 18.1 Å². The van der Waals surface area contributed by atoms with Crippen molar-refractivity contribution in [3.63, 3.8) is 0 Å². The maximum absolute atomic E-state index is 11.6. The number of methoxy groups -OCH3 is 1. The Bertz CT molecular complexity index is 588. The molecule has 1 rings (SSSR count). The molecule has 1 unspecified atom stereocenters. The molecule has 0 spiro atoms. The summed E-state index contributed by atoms with van der Waals surface area (Å²) < 4.78 is 30.4. The Morgan fingerprint density at radius 3 is 2.60 bits per heavy atom. The van der Waals surface area contributed by atoms with Gasteiger partial charge in [-0.05, 0) is 26.1 Å². The highest BCUT2D eigenvalue weighted by atomic mass is 32.2. The summed E-state index contributed by atoms with van der Waals surface area (Å²) in [5, 5.41) is 13.9. The Labute approximate surface area is 117 Å². The summed E-state index contributed by atoms with van der Waals surface area (Å²) in [5.74, 6) is 0. The van der Waals surface area contributed by atoms with Crippen molar-refractivity contribution >= 4 is 21.4 Å². The summed E-state index contributed by atoms with van der Waals surface area (Å²) in [6.07, 6.45) is -0.129. The van der Waals surface area contributed by atoms with Gasteiger partial charge in [0.15, 0.2) is 0 Å². The quantitative estimate of drug-likeness (QED) is 0.573. The fraction of sp³-hybridized carbons (Fsp3) is 0.455. The van der Waals surface area contributed by atoms with Gasteiger partial charge in [-0.15, -0.1) is 0 Å². The Morgan fingerprint density at radius 1 is 1.45 bits per heavy atom. The van der Waals surface area contributed by atoms with Crippen molar-refractivity contribution in [1.82, 2.24) is 4.72 Å². The Hall–Kier alpha value is -1.71. The Balaban J connectivity index is 3.12. The van der Waals surface area contributed by atoms with Gasteiger partial charge in [-0.25, -0.2) is 13.1 Å². The highest BCUT2D eigenvalue weighted by molar-refractivity contribution is 7.89. The molecule has 0 aromatic heterocycles. The minimum Gasteiger partial charge on any atom is -0.380 e. The number of rotatable bonds is 7. The number of nitrogens with zero attached hydrogens (tertiary/aromatic N) is 1. The lowest BCUT2D eigenvalue weighted by Crippen LogP contribution is -2.20. The first-order valence-electron chi connectivity index (χ1n) is 5.80. The number of anilines is 1. The highest BCUT2D eigenvalue weighted by Gasteiger charge is 2.20. The molecule has 8 nitrogen and oxygen atoms in total. The lowest BCUT2D eigenvalue weighted by molar-refractivity contribution is -0.384. The van der Waals surface area contributed by atoms with Crippen LogP contribution in [-0.2, 0) is 14.8 Å². The van der Waals surface area contributed by atoms with Crippen LogP contribution in [0.15, 0.2) is 23.1 Å². The second kappa shape index (κ2) is 6.64. The molecule has 0 saturated carbocycles. The molecule has 112 valence electrons. The van der Waals surface area contributed by atoms with Crippen LogP contribution in [-0.4, -0.2) is 40.1 Å². The summed E-state index contributed by atoms with van der Waals surface area (Å²) in [5.41, 5.74) is -0.0569. The van der Waals surface area contributed by atoms with Gasteiger partial charge in [0.1, 0.15) is 5.69 Å². The third-order valence-electron chi connectivity index (χ3n) is 2.73. The topological polar surface area (TPSA) is 111 Å². The van der Waals surface area contributed by atoms with Crippen LogP contribution in [0.2, 0.25) is 0 Å². The average molecular weight is 303 g/mol. The van der Waals surface area contributed by atoms with Crippen LogP contribution in [0, 0.1) is 10.1 Å². The van der Waals surface area contributed by atoms with Crippen molar-refractivity contribution in [3.05, 3.63) is 28.3 Å². The SMILES string of the molecule is CNS(=O)(=O)c1ccc(NCC(C)OC)c([N+](=O)[O-])c1. The van der Waals surface area contributed by atoms with Gasteiger partial charge in [-0.2, -0.15) is 0 Å². The summed E-state index contributed by atoms with van der Waals surface area (Å²) in [6, 6.07) is 3.69. The third-order valence-corrected chi connectivity index (χ3v) is 4.14. The molecule has 0 saturated heterocycles. The molecule has 20 heavy (non-hydrogen) atoms. The monoisotopic (exact) mass is 303 g/mol. The van der Waals surface area contributed by atoms with Crippen LogP contribution in [0.25, 0.3) is 0 Å². The van der Waals surface area contributed by atoms with Crippen LogP contribution in [0.5, 0.6) is 0 Å². The van der Waals surface area contributed by atoms with Crippen LogP contribution < -0.4 is 10.0 Å². The average Bonchev–Trinajstić information content (AvgIpc) is 2.44. The molecule has 0 aliphatic carbocycles. The smallest absolute Gasteiger partial charge is 0.293 e. The zero-order valence-electron chi connectivity index (χ0n) is 11.4. The molecular weight excluding hydrogens is 286 g/mol. The molecule has 1 aromatic rings. The summed E-state index contributed by atoms with van der Waals surface area (Å²) in [4.78, 5) is 10.2. The van der Waals surface area contributed by atoms with E-state index in [1.165, 1.54) is 26.3 Å². The van der Waals surface area contributed by atoms with Gasteiger partial charge in [0.25, 0.3) is 5.69 Å². The Kier molecular flexibility index (Phi) is 5.43. The Morgan fingerprint density at radius 2 is 2.10 bits per heavy atom. The first-order chi connectivity index (χ1) is 9.31. The molecule has 0 heterocycles. The lowest BCUT2D eigenvalue weighted by Gasteiger charge is -2.12. The molecular formula is C11H17N3O5S. The van der Waals surface area contributed by atoms with E-state index in [1.807, 2.05) is 0 Å². The predicted molar refractivity (Wildman–Crippen MR) is 74.3 cm³/mol. The maximum Gasteiger partial charge on any atom is 0.293 e. The van der Waals surface area contributed by atoms with E-state index in [9.17, 15) is 18.5 Å². The van der Waals surface area contributed by atoms with E-state index in [2.05, 4.69) is 10.0 Å². The normalized spacial score (nSPS) is 12.9. The van der Waals surface area contributed by atoms with Gasteiger partial charge in [0, 0.05) is 19.7 Å². The standard InChI is InChI=1S/C11H17N3O5S/c1-8(19-3)7-13-10-5-4-9(20(17,18)12-2)6-11(10)14(15)16/h4-6,8,12-13H,7H2,1-3H3. The van der Waals surface area contributed by atoms with Crippen molar-refractivity contribution in [3.8, 4) is 0 Å². The lowest BCUT2D eigenvalue weighted by atomic mass is 10.2. The molecule has 0 aliphatic heterocycles. The van der Waals surface area contributed by atoms with Crippen LogP contribution >= 0.6 is 0 Å². The number of hydrogen-bond donors (Lipinski definition) is 2. The number of sulfonamides is 1. The summed E-state index contributed by atoms with van der Waals surface area (Å²) in [7, 11) is -0.939. The number of hydrogen-bond acceptors (Lipinski definition) is 6. The summed E-state index contributed by atoms with van der Waals surface area (Å²) in [6.45, 7) is 2.17. The molecule has 0 radical (unpaired) electrons. The fourth-order valence-electron chi connectivity index (χ4n) is 1.43. The van der Waals surface area contributed by atoms with E-state index >= 15 is 0 Å². The maximum atomic E-state index is 11.6. The van der Waals surface area contributed by atoms with E-state index in [-0.39, 0.29) is 22.4 Å². The summed E-state index contributed by atoms with van der Waals surface area (Å²) >= 11 is 0. The number of nitro benzene ring substituents is 1. The number of nitro groups is 1. The minimum atomic E-state index is -3.71. The second-order valence-corrected chi connectivity index (χ2v) is 5.96. The van der Waals surface area contributed by atoms with Gasteiger partial charge in [-0.3, -0.25) is 10.1 Å². The zero-order chi connectivity index (χ0) is 15.3. The van der Waals surface area contributed by atoms with Crippen LogP contribution in [0.1, 0.15) is 6.92 Å². The van der Waals surface area contributed by atoms with Crippen molar-refractivity contribution in [2.75, 3.05) is 26.0 Å². The zero-order valence-corrected chi connectivity index (χ0v) is 12.2. The van der Waals surface area contributed by atoms with Crippen LogP contribution in [0.4, 0.5) is 11.4 Å². The van der Waals surface area contributed by atoms with Gasteiger partial charge < -0.3 is 10.1 Å². The van der Waals surface area contributed by atoms with E-state index in [0.29, 0.717) is 6.54 Å². The first-order valence-corrected chi connectivity index (χ1v) is 7.28. The first kappa shape index (κ1) is 16.3. The van der Waals surface area contributed by atoms with Crippen molar-refractivity contribution in [2.45, 2.75) is 17.9 Å². The molecule has 9 heteroatoms. The van der Waals surface area contributed by atoms with Crippen molar-refractivity contribution in [1.29, 1.82) is 0 Å². The minimum absolute atomic E-state index is 0.129. The number of nitrogens with one attached hydrogen (secondary N) is 2. The molecule has 1 atom stereocenters. The van der Waals surface area contributed by atoms with E-state index < -0.39 is 14.9 Å². The fourth-order valence-corrected chi connectivity index (χ4v) is 2.18.